The highest BCUT2D eigenvalue weighted by molar-refractivity contribution is 7.15. The van der Waals surface area contributed by atoms with E-state index in [-0.39, 0.29) is 11.5 Å². The second-order valence-electron chi connectivity index (χ2n) is 6.57. The Bertz CT molecular complexity index is 648. The fourth-order valence-corrected chi connectivity index (χ4v) is 4.26. The topological polar surface area (TPSA) is 48.1 Å². The molecule has 112 valence electrons. The summed E-state index contributed by atoms with van der Waals surface area (Å²) >= 11 is 1.75. The van der Waals surface area contributed by atoms with Crippen LogP contribution >= 0.6 is 11.3 Å². The summed E-state index contributed by atoms with van der Waals surface area (Å²) in [6.07, 6.45) is 2.04. The quantitative estimate of drug-likeness (QED) is 0.934. The average Bonchev–Trinajstić information content (AvgIpc) is 2.82. The fourth-order valence-electron chi connectivity index (χ4n) is 3.12. The Morgan fingerprint density at radius 3 is 2.90 bits per heavy atom. The number of benzene rings is 1. The summed E-state index contributed by atoms with van der Waals surface area (Å²) < 4.78 is 5.30. The number of fused-ring (bicyclic) bond motifs is 1. The van der Waals surface area contributed by atoms with E-state index in [9.17, 15) is 0 Å². The lowest BCUT2D eigenvalue weighted by Crippen LogP contribution is -2.28. The molecule has 0 saturated heterocycles. The Morgan fingerprint density at radius 1 is 1.38 bits per heavy atom. The van der Waals surface area contributed by atoms with Gasteiger partial charge in [0, 0.05) is 23.6 Å². The van der Waals surface area contributed by atoms with Crippen molar-refractivity contribution in [2.24, 2.45) is 11.1 Å². The number of methoxy groups -OCH3 is 1. The van der Waals surface area contributed by atoms with Gasteiger partial charge in [-0.05, 0) is 23.8 Å². The standard InChI is InChI=1S/C17H22N2OS/c1-17(2)8-13(18)15-14(9-17)19-16(21-15)12-7-5-4-6-11(12)10-20-3/h4-7,13H,8-10,18H2,1-3H3. The number of nitrogens with zero attached hydrogens (tertiary/aromatic N) is 1. The predicted molar refractivity (Wildman–Crippen MR) is 87.3 cm³/mol. The van der Waals surface area contributed by atoms with Gasteiger partial charge < -0.3 is 10.5 Å². The smallest absolute Gasteiger partial charge is 0.124 e. The second kappa shape index (κ2) is 5.52. The lowest BCUT2D eigenvalue weighted by molar-refractivity contribution is 0.185. The molecule has 21 heavy (non-hydrogen) atoms. The highest BCUT2D eigenvalue weighted by atomic mass is 32.1. The van der Waals surface area contributed by atoms with Gasteiger partial charge in [0.1, 0.15) is 5.01 Å². The summed E-state index contributed by atoms with van der Waals surface area (Å²) in [5.74, 6) is 0. The number of hydrogen-bond acceptors (Lipinski definition) is 4. The van der Waals surface area contributed by atoms with Crippen LogP contribution in [0.15, 0.2) is 24.3 Å². The second-order valence-corrected chi connectivity index (χ2v) is 7.60. The molecule has 0 saturated carbocycles. The summed E-state index contributed by atoms with van der Waals surface area (Å²) in [5.41, 5.74) is 10.1. The monoisotopic (exact) mass is 302 g/mol. The van der Waals surface area contributed by atoms with Crippen molar-refractivity contribution in [2.75, 3.05) is 7.11 Å². The van der Waals surface area contributed by atoms with E-state index < -0.39 is 0 Å². The first-order valence-corrected chi connectivity index (χ1v) is 8.14. The van der Waals surface area contributed by atoms with Crippen LogP contribution in [0.1, 0.15) is 42.4 Å². The van der Waals surface area contributed by atoms with Gasteiger partial charge in [-0.3, -0.25) is 0 Å². The van der Waals surface area contributed by atoms with Gasteiger partial charge in [-0.15, -0.1) is 11.3 Å². The molecule has 1 aliphatic rings. The molecule has 1 aromatic carbocycles. The van der Waals surface area contributed by atoms with Crippen LogP contribution in [0.2, 0.25) is 0 Å². The van der Waals surface area contributed by atoms with Gasteiger partial charge in [0.15, 0.2) is 0 Å². The third-order valence-electron chi connectivity index (χ3n) is 4.03. The van der Waals surface area contributed by atoms with Crippen molar-refractivity contribution < 1.29 is 4.74 Å². The normalized spacial score (nSPS) is 20.3. The molecular weight excluding hydrogens is 280 g/mol. The summed E-state index contributed by atoms with van der Waals surface area (Å²) in [4.78, 5) is 6.15. The first-order valence-electron chi connectivity index (χ1n) is 7.32. The minimum atomic E-state index is 0.115. The van der Waals surface area contributed by atoms with E-state index in [0.29, 0.717) is 6.61 Å². The Labute approximate surface area is 130 Å². The SMILES string of the molecule is COCc1ccccc1-c1nc2c(s1)C(N)CC(C)(C)C2. The van der Waals surface area contributed by atoms with Crippen molar-refractivity contribution in [1.29, 1.82) is 0 Å². The Balaban J connectivity index is 2.03. The zero-order valence-electron chi connectivity index (χ0n) is 12.8. The van der Waals surface area contributed by atoms with Crippen molar-refractivity contribution in [3.05, 3.63) is 40.4 Å². The molecule has 1 aliphatic carbocycles. The van der Waals surface area contributed by atoms with E-state index in [0.717, 1.165) is 17.8 Å². The summed E-state index contributed by atoms with van der Waals surface area (Å²) in [6.45, 7) is 5.15. The minimum absolute atomic E-state index is 0.115. The van der Waals surface area contributed by atoms with Crippen LogP contribution in [0.5, 0.6) is 0 Å². The van der Waals surface area contributed by atoms with Crippen molar-refractivity contribution in [1.82, 2.24) is 4.98 Å². The molecule has 0 fully saturated rings. The first kappa shape index (κ1) is 14.7. The molecule has 2 aromatic rings. The molecule has 3 rings (SSSR count). The third kappa shape index (κ3) is 2.89. The van der Waals surface area contributed by atoms with E-state index in [2.05, 4.69) is 32.0 Å². The highest BCUT2D eigenvalue weighted by Crippen LogP contribution is 2.44. The number of hydrogen-bond donors (Lipinski definition) is 1. The fraction of sp³-hybridized carbons (Fsp3) is 0.471. The van der Waals surface area contributed by atoms with Crippen molar-refractivity contribution in [2.45, 2.75) is 39.3 Å². The summed E-state index contributed by atoms with van der Waals surface area (Å²) in [5, 5.41) is 1.07. The number of aromatic nitrogens is 1. The van der Waals surface area contributed by atoms with Crippen LogP contribution in [0.3, 0.4) is 0 Å². The average molecular weight is 302 g/mol. The van der Waals surface area contributed by atoms with Gasteiger partial charge in [-0.2, -0.15) is 0 Å². The summed E-state index contributed by atoms with van der Waals surface area (Å²) in [6, 6.07) is 8.43. The Hall–Kier alpha value is -1.23. The van der Waals surface area contributed by atoms with Crippen LogP contribution < -0.4 is 5.73 Å². The molecule has 0 radical (unpaired) electrons. The van der Waals surface area contributed by atoms with Crippen LogP contribution in [-0.4, -0.2) is 12.1 Å². The molecule has 1 atom stereocenters. The molecule has 0 spiro atoms. The van der Waals surface area contributed by atoms with Crippen molar-refractivity contribution in [3.8, 4) is 10.6 Å². The largest absolute Gasteiger partial charge is 0.380 e. The molecule has 0 amide bonds. The number of nitrogens with two attached hydrogens (primary N) is 1. The maximum atomic E-state index is 6.36. The summed E-state index contributed by atoms with van der Waals surface area (Å²) in [7, 11) is 1.72. The maximum absolute atomic E-state index is 6.36. The van der Waals surface area contributed by atoms with Crippen LogP contribution in [0.4, 0.5) is 0 Å². The van der Waals surface area contributed by atoms with Crippen LogP contribution in [0.25, 0.3) is 10.6 Å². The van der Waals surface area contributed by atoms with Crippen LogP contribution in [0, 0.1) is 5.41 Å². The highest BCUT2D eigenvalue weighted by Gasteiger charge is 2.33. The zero-order valence-corrected chi connectivity index (χ0v) is 13.7. The van der Waals surface area contributed by atoms with E-state index in [1.807, 2.05) is 6.07 Å². The molecule has 0 aliphatic heterocycles. The van der Waals surface area contributed by atoms with Gasteiger partial charge >= 0.3 is 0 Å². The van der Waals surface area contributed by atoms with Crippen molar-refractivity contribution >= 4 is 11.3 Å². The number of ether oxygens (including phenoxy) is 1. The van der Waals surface area contributed by atoms with E-state index in [4.69, 9.17) is 15.5 Å². The van der Waals surface area contributed by atoms with E-state index in [1.165, 1.54) is 21.7 Å². The predicted octanol–water partition coefficient (Wildman–Crippen LogP) is 3.93. The molecule has 2 N–H and O–H groups in total. The number of rotatable bonds is 3. The molecule has 1 aromatic heterocycles. The molecule has 0 bridgehead atoms. The molecule has 1 unspecified atom stereocenters. The molecular formula is C17H22N2OS. The van der Waals surface area contributed by atoms with E-state index >= 15 is 0 Å². The first-order chi connectivity index (χ1) is 10.00. The Morgan fingerprint density at radius 2 is 2.14 bits per heavy atom. The van der Waals surface area contributed by atoms with Gasteiger partial charge in [0.25, 0.3) is 0 Å². The van der Waals surface area contributed by atoms with E-state index in [1.54, 1.807) is 18.4 Å². The van der Waals surface area contributed by atoms with Gasteiger partial charge in [-0.1, -0.05) is 38.1 Å². The minimum Gasteiger partial charge on any atom is -0.380 e. The zero-order chi connectivity index (χ0) is 15.0. The lowest BCUT2D eigenvalue weighted by Gasteiger charge is -2.32. The van der Waals surface area contributed by atoms with Crippen molar-refractivity contribution in [3.63, 3.8) is 0 Å². The third-order valence-corrected chi connectivity index (χ3v) is 5.29. The molecule has 1 heterocycles. The van der Waals surface area contributed by atoms with Crippen LogP contribution in [-0.2, 0) is 17.8 Å². The maximum Gasteiger partial charge on any atom is 0.124 e. The van der Waals surface area contributed by atoms with Gasteiger partial charge in [-0.25, -0.2) is 4.98 Å². The molecule has 4 heteroatoms. The van der Waals surface area contributed by atoms with Gasteiger partial charge in [0.2, 0.25) is 0 Å². The van der Waals surface area contributed by atoms with Gasteiger partial charge in [0.05, 0.1) is 12.3 Å². The lowest BCUT2D eigenvalue weighted by atomic mass is 9.77. The number of thiazole rings is 1. The molecule has 3 nitrogen and oxygen atoms in total. The Kier molecular flexibility index (Phi) is 3.86.